The summed E-state index contributed by atoms with van der Waals surface area (Å²) in [5, 5.41) is 10.4. The molecule has 3 rings (SSSR count). The van der Waals surface area contributed by atoms with Crippen LogP contribution < -0.4 is 10.5 Å². The van der Waals surface area contributed by atoms with Gasteiger partial charge in [-0.1, -0.05) is 47.6 Å². The Morgan fingerprint density at radius 1 is 1.11 bits per heavy atom. The molecule has 0 radical (unpaired) electrons. The van der Waals surface area contributed by atoms with Gasteiger partial charge >= 0.3 is 0 Å². The monoisotopic (exact) mass is 435 g/mol. The highest BCUT2D eigenvalue weighted by molar-refractivity contribution is 7.99. The van der Waals surface area contributed by atoms with Crippen LogP contribution in [-0.2, 0) is 23.2 Å². The van der Waals surface area contributed by atoms with Crippen LogP contribution in [0, 0.1) is 0 Å². The first-order valence-electron chi connectivity index (χ1n) is 8.27. The highest BCUT2D eigenvalue weighted by Gasteiger charge is 2.17. The van der Waals surface area contributed by atoms with Crippen LogP contribution in [0.5, 0.6) is 0 Å². The lowest BCUT2D eigenvalue weighted by Gasteiger charge is -2.15. The fraction of sp³-hybridized carbons (Fsp3) is 0.105. The molecular formula is C19H18ClN3O3S2. The van der Waals surface area contributed by atoms with E-state index in [1.807, 2.05) is 0 Å². The first kappa shape index (κ1) is 20.6. The predicted octanol–water partition coefficient (Wildman–Crippen LogP) is 3.64. The molecule has 0 aliphatic rings. The normalized spacial score (nSPS) is 11.4. The summed E-state index contributed by atoms with van der Waals surface area (Å²) < 4.78 is 27.6. The molecule has 1 aromatic heterocycles. The fourth-order valence-corrected chi connectivity index (χ4v) is 4.94. The average Bonchev–Trinajstić information content (AvgIpc) is 2.70. The number of hydrogen-bond donors (Lipinski definition) is 3. The van der Waals surface area contributed by atoms with Gasteiger partial charge in [-0.05, 0) is 35.9 Å². The number of anilines is 1. The van der Waals surface area contributed by atoms with Crippen molar-refractivity contribution in [2.24, 2.45) is 5.73 Å². The van der Waals surface area contributed by atoms with E-state index in [0.717, 1.165) is 0 Å². The molecule has 0 aliphatic carbocycles. The number of nitrogens with two attached hydrogens (primary N) is 1. The van der Waals surface area contributed by atoms with Gasteiger partial charge in [-0.2, -0.15) is 0 Å². The van der Waals surface area contributed by atoms with Crippen LogP contribution in [0.25, 0.3) is 0 Å². The molecule has 0 atom stereocenters. The predicted molar refractivity (Wildman–Crippen MR) is 111 cm³/mol. The van der Waals surface area contributed by atoms with Crippen molar-refractivity contribution in [2.45, 2.75) is 28.0 Å². The summed E-state index contributed by atoms with van der Waals surface area (Å²) in [6.07, 6.45) is 1.62. The van der Waals surface area contributed by atoms with E-state index in [1.54, 1.807) is 42.6 Å². The van der Waals surface area contributed by atoms with Crippen molar-refractivity contribution in [1.82, 2.24) is 4.98 Å². The summed E-state index contributed by atoms with van der Waals surface area (Å²) in [7, 11) is -3.74. The van der Waals surface area contributed by atoms with Crippen LogP contribution in [0.2, 0.25) is 5.02 Å². The second-order valence-electron chi connectivity index (χ2n) is 5.80. The number of benzene rings is 2. The van der Waals surface area contributed by atoms with E-state index in [4.69, 9.17) is 17.3 Å². The summed E-state index contributed by atoms with van der Waals surface area (Å²) in [6.45, 7) is 0.00492. The minimum Gasteiger partial charge on any atom is -0.392 e. The number of aliphatic hydroxyl groups is 1. The molecule has 3 aromatic rings. The lowest BCUT2D eigenvalue weighted by molar-refractivity contribution is 0.278. The number of aliphatic hydroxyl groups excluding tert-OH is 1. The fourth-order valence-electron chi connectivity index (χ4n) is 2.52. The Hall–Kier alpha value is -2.10. The molecule has 0 aliphatic heterocycles. The van der Waals surface area contributed by atoms with Gasteiger partial charge in [-0.25, -0.2) is 13.4 Å². The number of hydrogen-bond acceptors (Lipinski definition) is 6. The van der Waals surface area contributed by atoms with Crippen molar-refractivity contribution in [3.63, 3.8) is 0 Å². The minimum absolute atomic E-state index is 0.152. The van der Waals surface area contributed by atoms with Gasteiger partial charge in [0.15, 0.2) is 0 Å². The molecule has 0 bridgehead atoms. The Balaban J connectivity index is 1.94. The zero-order valence-electron chi connectivity index (χ0n) is 14.7. The molecule has 0 saturated heterocycles. The van der Waals surface area contributed by atoms with E-state index in [-0.39, 0.29) is 18.0 Å². The van der Waals surface area contributed by atoms with Crippen LogP contribution in [-0.4, -0.2) is 18.5 Å². The van der Waals surface area contributed by atoms with E-state index >= 15 is 0 Å². The molecule has 4 N–H and O–H groups in total. The van der Waals surface area contributed by atoms with Gasteiger partial charge in [0.1, 0.15) is 5.03 Å². The number of nitrogens with zero attached hydrogens (tertiary/aromatic N) is 1. The first-order chi connectivity index (χ1) is 13.4. The Kier molecular flexibility index (Phi) is 6.58. The molecule has 0 fully saturated rings. The number of sulfonamides is 1. The van der Waals surface area contributed by atoms with Gasteiger partial charge in [-0.15, -0.1) is 0 Å². The van der Waals surface area contributed by atoms with Gasteiger partial charge in [-0.3, -0.25) is 4.72 Å². The van der Waals surface area contributed by atoms with Gasteiger partial charge in [0.05, 0.1) is 22.2 Å². The molecule has 146 valence electrons. The Bertz CT molecular complexity index is 1080. The van der Waals surface area contributed by atoms with Crippen LogP contribution >= 0.6 is 23.4 Å². The largest absolute Gasteiger partial charge is 0.392 e. The van der Waals surface area contributed by atoms with Gasteiger partial charge in [0.25, 0.3) is 10.0 Å². The number of rotatable bonds is 7. The molecule has 6 nitrogen and oxygen atoms in total. The quantitative estimate of drug-likeness (QED) is 0.523. The van der Waals surface area contributed by atoms with Crippen molar-refractivity contribution < 1.29 is 13.5 Å². The van der Waals surface area contributed by atoms with E-state index in [1.165, 1.54) is 30.0 Å². The molecule has 0 saturated carbocycles. The van der Waals surface area contributed by atoms with Gasteiger partial charge < -0.3 is 10.8 Å². The molecule has 0 unspecified atom stereocenters. The van der Waals surface area contributed by atoms with E-state index in [9.17, 15) is 13.5 Å². The van der Waals surface area contributed by atoms with Crippen molar-refractivity contribution in [2.75, 3.05) is 4.72 Å². The molecule has 1 heterocycles. The van der Waals surface area contributed by atoms with Crippen LogP contribution in [0.4, 0.5) is 5.69 Å². The SMILES string of the molecule is NCc1cc(NS(=O)(=O)c2ccccc2)cc(Cl)c1Sc1ncccc1CO. The number of halogens is 1. The lowest BCUT2D eigenvalue weighted by Crippen LogP contribution is -2.13. The maximum absolute atomic E-state index is 12.5. The topological polar surface area (TPSA) is 105 Å². The second kappa shape index (κ2) is 8.93. The maximum atomic E-state index is 12.5. The summed E-state index contributed by atoms with van der Waals surface area (Å²) in [4.78, 5) is 5.09. The van der Waals surface area contributed by atoms with Crippen molar-refractivity contribution >= 4 is 39.1 Å². The van der Waals surface area contributed by atoms with E-state index in [0.29, 0.717) is 31.8 Å². The van der Waals surface area contributed by atoms with Crippen molar-refractivity contribution in [1.29, 1.82) is 0 Å². The Labute approximate surface area is 172 Å². The maximum Gasteiger partial charge on any atom is 0.261 e. The van der Waals surface area contributed by atoms with Crippen molar-refractivity contribution in [3.8, 4) is 0 Å². The van der Waals surface area contributed by atoms with E-state index in [2.05, 4.69) is 9.71 Å². The summed E-state index contributed by atoms with van der Waals surface area (Å²) in [5.74, 6) is 0. The van der Waals surface area contributed by atoms with Crippen LogP contribution in [0.15, 0.2) is 75.6 Å². The number of pyridine rings is 1. The Morgan fingerprint density at radius 2 is 1.86 bits per heavy atom. The van der Waals surface area contributed by atoms with Crippen LogP contribution in [0.1, 0.15) is 11.1 Å². The molecule has 2 aromatic carbocycles. The summed E-state index contributed by atoms with van der Waals surface area (Å²) in [5.41, 5.74) is 7.52. The number of aromatic nitrogens is 1. The average molecular weight is 436 g/mol. The highest BCUT2D eigenvalue weighted by Crippen LogP contribution is 2.38. The molecule has 9 heteroatoms. The smallest absolute Gasteiger partial charge is 0.261 e. The second-order valence-corrected chi connectivity index (χ2v) is 8.89. The summed E-state index contributed by atoms with van der Waals surface area (Å²) in [6, 6.07) is 14.8. The Morgan fingerprint density at radius 3 is 2.54 bits per heavy atom. The zero-order valence-corrected chi connectivity index (χ0v) is 17.1. The third-order valence-electron chi connectivity index (χ3n) is 3.87. The number of nitrogens with one attached hydrogen (secondary N) is 1. The first-order valence-corrected chi connectivity index (χ1v) is 11.0. The minimum atomic E-state index is -3.74. The van der Waals surface area contributed by atoms with Gasteiger partial charge in [0, 0.05) is 23.2 Å². The third-order valence-corrected chi connectivity index (χ3v) is 6.92. The zero-order chi connectivity index (χ0) is 20.1. The van der Waals surface area contributed by atoms with Crippen LogP contribution in [0.3, 0.4) is 0 Å². The van der Waals surface area contributed by atoms with Crippen molar-refractivity contribution in [3.05, 3.63) is 76.9 Å². The van der Waals surface area contributed by atoms with E-state index < -0.39 is 10.0 Å². The highest BCUT2D eigenvalue weighted by atomic mass is 35.5. The molecular weight excluding hydrogens is 418 g/mol. The van der Waals surface area contributed by atoms with Gasteiger partial charge in [0.2, 0.25) is 0 Å². The molecule has 28 heavy (non-hydrogen) atoms. The summed E-state index contributed by atoms with van der Waals surface area (Å²) >= 11 is 7.71. The molecule has 0 amide bonds. The standard InChI is InChI=1S/C19H18ClN3O3S2/c20-17-10-15(23-28(25,26)16-6-2-1-3-7-16)9-14(11-21)18(17)27-19-13(12-24)5-4-8-22-19/h1-10,23-24H,11-12,21H2. The lowest BCUT2D eigenvalue weighted by atomic mass is 10.2. The third kappa shape index (κ3) is 4.65. The molecule has 0 spiro atoms.